The number of halogens is 2. The van der Waals surface area contributed by atoms with E-state index in [4.69, 9.17) is 20.0 Å². The predicted molar refractivity (Wildman–Crippen MR) is 132 cm³/mol. The Morgan fingerprint density at radius 1 is 1.16 bits per heavy atom. The van der Waals surface area contributed by atoms with E-state index in [9.17, 15) is 14.5 Å². The van der Waals surface area contributed by atoms with Crippen molar-refractivity contribution in [1.82, 2.24) is 0 Å². The molecule has 0 spiro atoms. The zero-order chi connectivity index (χ0) is 22.5. The van der Waals surface area contributed by atoms with Gasteiger partial charge in [0.15, 0.2) is 5.78 Å². The van der Waals surface area contributed by atoms with E-state index >= 15 is 0 Å². The molecule has 0 unspecified atom stereocenters. The fourth-order valence-corrected chi connectivity index (χ4v) is 5.03. The van der Waals surface area contributed by atoms with Crippen molar-refractivity contribution in [3.8, 4) is 5.75 Å². The van der Waals surface area contributed by atoms with Gasteiger partial charge in [-0.15, -0.1) is 4.91 Å². The molecule has 3 N–H and O–H groups in total. The Labute approximate surface area is 204 Å². The van der Waals surface area contributed by atoms with Crippen molar-refractivity contribution in [2.75, 3.05) is 13.2 Å². The van der Waals surface area contributed by atoms with Crippen molar-refractivity contribution < 1.29 is 23.8 Å². The lowest BCUT2D eigenvalue weighted by atomic mass is 9.98. The van der Waals surface area contributed by atoms with Crippen LogP contribution in [0, 0.1) is 12.0 Å². The lowest BCUT2D eigenvalue weighted by Crippen LogP contribution is -2.12. The van der Waals surface area contributed by atoms with Gasteiger partial charge >= 0.3 is 0 Å². The van der Waals surface area contributed by atoms with Crippen LogP contribution >= 0.6 is 45.2 Å². The molecule has 3 aromatic rings. The Kier molecular flexibility index (Phi) is 8.00. The Balaban J connectivity index is 2.07. The second-order valence-corrected chi connectivity index (χ2v) is 8.98. The fraction of sp³-hybridized carbons (Fsp3) is 0.238. The Morgan fingerprint density at radius 3 is 2.48 bits per heavy atom. The molecule has 0 saturated carbocycles. The summed E-state index contributed by atoms with van der Waals surface area (Å²) in [6.07, 6.45) is 0.698. The van der Waals surface area contributed by atoms with E-state index in [-0.39, 0.29) is 30.9 Å². The van der Waals surface area contributed by atoms with Gasteiger partial charge in [-0.1, -0.05) is 0 Å². The van der Waals surface area contributed by atoms with Gasteiger partial charge in [0.05, 0.1) is 12.2 Å². The molecule has 31 heavy (non-hydrogen) atoms. The molecule has 2 aromatic carbocycles. The van der Waals surface area contributed by atoms with Crippen molar-refractivity contribution in [2.24, 2.45) is 10.9 Å². The van der Waals surface area contributed by atoms with Crippen LogP contribution in [0.3, 0.4) is 0 Å². The first-order valence-electron chi connectivity index (χ1n) is 9.30. The SMILES string of the molecule is NC(=O)CCc1oc2cc(OCCCO)ccc2c1C(=O)c1cc(I)c(N=O)c(I)c1. The fourth-order valence-electron chi connectivity index (χ4n) is 3.06. The highest BCUT2D eigenvalue weighted by Gasteiger charge is 2.24. The number of hydrogen-bond acceptors (Lipinski definition) is 7. The summed E-state index contributed by atoms with van der Waals surface area (Å²) >= 11 is 3.93. The molecule has 0 fully saturated rings. The molecule has 0 aliphatic carbocycles. The smallest absolute Gasteiger partial charge is 0.217 e. The number of amides is 1. The average molecular weight is 648 g/mol. The van der Waals surface area contributed by atoms with Crippen molar-refractivity contribution in [3.63, 3.8) is 0 Å². The molecule has 10 heteroatoms. The molecule has 0 atom stereocenters. The highest BCUT2D eigenvalue weighted by molar-refractivity contribution is 14.1. The van der Waals surface area contributed by atoms with Crippen LogP contribution in [0.5, 0.6) is 5.75 Å². The third kappa shape index (κ3) is 5.41. The second-order valence-electron chi connectivity index (χ2n) is 6.66. The number of primary amides is 1. The van der Waals surface area contributed by atoms with E-state index in [1.54, 1.807) is 30.3 Å². The summed E-state index contributed by atoms with van der Waals surface area (Å²) in [4.78, 5) is 35.8. The van der Waals surface area contributed by atoms with E-state index in [2.05, 4.69) is 5.18 Å². The number of furan rings is 1. The maximum atomic E-state index is 13.4. The zero-order valence-corrected chi connectivity index (χ0v) is 20.5. The molecule has 0 saturated heterocycles. The van der Waals surface area contributed by atoms with Crippen LogP contribution in [0.15, 0.2) is 39.9 Å². The molecule has 162 valence electrons. The number of aryl methyl sites for hydroxylation is 1. The van der Waals surface area contributed by atoms with Gasteiger partial charge in [0.1, 0.15) is 22.8 Å². The number of benzene rings is 2. The van der Waals surface area contributed by atoms with Crippen LogP contribution in [0.2, 0.25) is 0 Å². The van der Waals surface area contributed by atoms with Gasteiger partial charge in [-0.05, 0) is 74.6 Å². The summed E-state index contributed by atoms with van der Waals surface area (Å²) < 4.78 is 12.6. The number of carbonyl (C=O) groups excluding carboxylic acids is 2. The van der Waals surface area contributed by atoms with E-state index in [1.807, 2.05) is 45.2 Å². The number of fused-ring (bicyclic) bond motifs is 1. The molecular formula is C21H18I2N2O6. The molecule has 0 aliphatic heterocycles. The van der Waals surface area contributed by atoms with Crippen molar-refractivity contribution in [2.45, 2.75) is 19.3 Å². The zero-order valence-electron chi connectivity index (χ0n) is 16.2. The molecule has 0 bridgehead atoms. The quantitative estimate of drug-likeness (QED) is 0.145. The van der Waals surface area contributed by atoms with Gasteiger partial charge in [0.2, 0.25) is 5.91 Å². The second kappa shape index (κ2) is 10.5. The molecule has 1 amide bonds. The van der Waals surface area contributed by atoms with E-state index in [0.29, 0.717) is 53.8 Å². The van der Waals surface area contributed by atoms with E-state index < -0.39 is 5.91 Å². The maximum Gasteiger partial charge on any atom is 0.217 e. The number of rotatable bonds is 10. The minimum absolute atomic E-state index is 0.0227. The monoisotopic (exact) mass is 648 g/mol. The first-order valence-corrected chi connectivity index (χ1v) is 11.5. The van der Waals surface area contributed by atoms with Crippen LogP contribution in [-0.4, -0.2) is 30.0 Å². The first kappa shape index (κ1) is 23.6. The molecule has 3 rings (SSSR count). The minimum atomic E-state index is -0.502. The Hall–Kier alpha value is -2.06. The number of ether oxygens (including phenoxy) is 1. The first-order chi connectivity index (χ1) is 14.8. The predicted octanol–water partition coefficient (Wildman–Crippen LogP) is 4.45. The standard InChI is InChI=1S/C21H18I2N2O6/c22-14-8-11(9-15(23)20(14)25-29)21(28)19-13-3-2-12(30-7-1-6-26)10-17(13)31-16(19)4-5-18(24)27/h2-3,8-10,26H,1,4-7H2,(H2,24,27). The summed E-state index contributed by atoms with van der Waals surface area (Å²) in [6, 6.07) is 8.32. The van der Waals surface area contributed by atoms with Gasteiger partial charge in [-0.2, -0.15) is 0 Å². The summed E-state index contributed by atoms with van der Waals surface area (Å²) in [7, 11) is 0. The highest BCUT2D eigenvalue weighted by atomic mass is 127. The topological polar surface area (TPSA) is 132 Å². The molecule has 0 radical (unpaired) electrons. The number of ketones is 1. The number of aliphatic hydroxyl groups is 1. The summed E-state index contributed by atoms with van der Waals surface area (Å²) in [5.41, 5.74) is 6.74. The molecule has 1 heterocycles. The van der Waals surface area contributed by atoms with Gasteiger partial charge in [0.25, 0.3) is 0 Å². The van der Waals surface area contributed by atoms with Gasteiger partial charge < -0.3 is 20.0 Å². The van der Waals surface area contributed by atoms with Crippen LogP contribution in [0.1, 0.15) is 34.5 Å². The largest absolute Gasteiger partial charge is 0.493 e. The molecule has 0 aliphatic rings. The van der Waals surface area contributed by atoms with Crippen molar-refractivity contribution in [3.05, 3.63) is 59.3 Å². The summed E-state index contributed by atoms with van der Waals surface area (Å²) in [6.45, 7) is 0.367. The Bertz CT molecular complexity index is 1140. The summed E-state index contributed by atoms with van der Waals surface area (Å²) in [5.74, 6) is 0.104. The molecule has 8 nitrogen and oxygen atoms in total. The Morgan fingerprint density at radius 2 is 1.87 bits per heavy atom. The van der Waals surface area contributed by atoms with Crippen LogP contribution in [0.4, 0.5) is 5.69 Å². The van der Waals surface area contributed by atoms with Crippen LogP contribution in [0.25, 0.3) is 11.0 Å². The molecular weight excluding hydrogens is 630 g/mol. The number of nitrogens with two attached hydrogens (primary N) is 1. The normalized spacial score (nSPS) is 10.9. The van der Waals surface area contributed by atoms with Gasteiger partial charge in [-0.3, -0.25) is 9.59 Å². The summed E-state index contributed by atoms with van der Waals surface area (Å²) in [5, 5.41) is 12.5. The van der Waals surface area contributed by atoms with Crippen LogP contribution in [-0.2, 0) is 11.2 Å². The molecule has 1 aromatic heterocycles. The van der Waals surface area contributed by atoms with Gasteiger partial charge in [-0.25, -0.2) is 0 Å². The number of hydrogen-bond donors (Lipinski definition) is 2. The highest BCUT2D eigenvalue weighted by Crippen LogP contribution is 2.34. The number of nitroso groups, excluding NO2 is 1. The lowest BCUT2D eigenvalue weighted by molar-refractivity contribution is -0.118. The van der Waals surface area contributed by atoms with Crippen LogP contribution < -0.4 is 10.5 Å². The third-order valence-electron chi connectivity index (χ3n) is 4.50. The van der Waals surface area contributed by atoms with Gasteiger partial charge in [0, 0.05) is 50.0 Å². The average Bonchev–Trinajstić information content (AvgIpc) is 3.09. The minimum Gasteiger partial charge on any atom is -0.493 e. The third-order valence-corrected chi connectivity index (χ3v) is 6.15. The van der Waals surface area contributed by atoms with Crippen molar-refractivity contribution in [1.29, 1.82) is 0 Å². The van der Waals surface area contributed by atoms with E-state index in [1.165, 1.54) is 0 Å². The maximum absolute atomic E-state index is 13.4. The number of carbonyl (C=O) groups is 2. The van der Waals surface area contributed by atoms with E-state index in [0.717, 1.165) is 0 Å². The lowest BCUT2D eigenvalue weighted by Gasteiger charge is -2.07. The number of aliphatic hydroxyl groups excluding tert-OH is 1. The number of nitrogens with zero attached hydrogens (tertiary/aromatic N) is 1. The van der Waals surface area contributed by atoms with Crippen molar-refractivity contribution >= 4 is 73.5 Å².